The number of hydrogen-bond donors (Lipinski definition) is 3. The van der Waals surface area contributed by atoms with E-state index in [4.69, 9.17) is 26.1 Å². The fourth-order valence-corrected chi connectivity index (χ4v) is 9.67. The molecule has 13 nitrogen and oxygen atoms in total. The minimum absolute atomic E-state index is 0.126. The molecule has 1 amide bonds. The third kappa shape index (κ3) is 8.12. The predicted octanol–water partition coefficient (Wildman–Crippen LogP) is 8.33. The highest BCUT2D eigenvalue weighted by atomic mass is 35.5. The third-order valence-electron chi connectivity index (χ3n) is 12.6. The molecule has 0 bridgehead atoms. The van der Waals surface area contributed by atoms with E-state index in [2.05, 4.69) is 58.9 Å². The molecule has 8 rings (SSSR count). The number of aliphatic hydroxyl groups is 1. The Morgan fingerprint density at radius 3 is 2.34 bits per heavy atom. The molecular weight excluding hydrogens is 804 g/mol. The van der Waals surface area contributed by atoms with E-state index in [9.17, 15) is 20.0 Å². The largest absolute Gasteiger partial charge is 0.489 e. The van der Waals surface area contributed by atoms with Crippen LogP contribution in [0.5, 0.6) is 17.2 Å². The van der Waals surface area contributed by atoms with E-state index in [-0.39, 0.29) is 23.6 Å². The van der Waals surface area contributed by atoms with Gasteiger partial charge in [-0.3, -0.25) is 14.6 Å². The highest BCUT2D eigenvalue weighted by molar-refractivity contribution is 6.31. The second kappa shape index (κ2) is 16.2. The van der Waals surface area contributed by atoms with E-state index in [1.54, 1.807) is 74.6 Å². The summed E-state index contributed by atoms with van der Waals surface area (Å²) in [6.07, 6.45) is 11.0. The van der Waals surface area contributed by atoms with Gasteiger partial charge in [0.25, 0.3) is 11.5 Å². The molecule has 0 spiro atoms. The number of rotatable bonds is 11. The lowest BCUT2D eigenvalue weighted by atomic mass is 9.49. The number of anilines is 1. The molecule has 6 aromatic rings. The summed E-state index contributed by atoms with van der Waals surface area (Å²) < 4.78 is 14.3. The lowest BCUT2D eigenvalue weighted by Gasteiger charge is -2.63. The summed E-state index contributed by atoms with van der Waals surface area (Å²) in [5.41, 5.74) is 2.53. The van der Waals surface area contributed by atoms with E-state index in [0.29, 0.717) is 50.8 Å². The molecule has 0 radical (unpaired) electrons. The summed E-state index contributed by atoms with van der Waals surface area (Å²) in [5.74, 6) is 2.53. The van der Waals surface area contributed by atoms with Gasteiger partial charge in [-0.2, -0.15) is 5.26 Å². The van der Waals surface area contributed by atoms with Gasteiger partial charge in [0.05, 0.1) is 27.9 Å². The Morgan fingerprint density at radius 1 is 0.984 bits per heavy atom. The number of amides is 1. The van der Waals surface area contributed by atoms with Crippen molar-refractivity contribution in [2.45, 2.75) is 78.6 Å². The van der Waals surface area contributed by atoms with Crippen LogP contribution in [0.4, 0.5) is 5.95 Å². The van der Waals surface area contributed by atoms with E-state index in [1.165, 1.54) is 0 Å². The van der Waals surface area contributed by atoms with Crippen molar-refractivity contribution < 1.29 is 19.4 Å². The Kier molecular flexibility index (Phi) is 11.1. The number of carbonyl (C=O) groups is 1. The van der Waals surface area contributed by atoms with Crippen LogP contribution < -0.4 is 25.2 Å². The van der Waals surface area contributed by atoms with Gasteiger partial charge in [-0.25, -0.2) is 9.97 Å². The minimum Gasteiger partial charge on any atom is -0.489 e. The number of benzene rings is 2. The van der Waals surface area contributed by atoms with Crippen molar-refractivity contribution >= 4 is 34.4 Å². The molecule has 3 N–H and O–H groups in total. The van der Waals surface area contributed by atoms with Crippen molar-refractivity contribution in [1.29, 1.82) is 5.26 Å². The maximum absolute atomic E-state index is 13.5. The first-order chi connectivity index (χ1) is 29.4. The van der Waals surface area contributed by atoms with Crippen molar-refractivity contribution in [1.82, 2.24) is 29.8 Å². The molecule has 1 saturated heterocycles. The quantitative estimate of drug-likeness (QED) is 0.115. The highest BCUT2D eigenvalue weighted by Crippen LogP contribution is 2.55. The summed E-state index contributed by atoms with van der Waals surface area (Å²) in [6.45, 7) is 13.3. The number of nitrogens with one attached hydrogen (secondary N) is 2. The van der Waals surface area contributed by atoms with Gasteiger partial charge in [0.15, 0.2) is 0 Å². The Bertz CT molecular complexity index is 2720. The van der Waals surface area contributed by atoms with Gasteiger partial charge in [-0.15, -0.1) is 0 Å². The predicted molar refractivity (Wildman–Crippen MR) is 239 cm³/mol. The molecule has 0 atom stereocenters. The smallest absolute Gasteiger partial charge is 0.274 e. The third-order valence-corrected chi connectivity index (χ3v) is 12.9. The van der Waals surface area contributed by atoms with E-state index < -0.39 is 16.4 Å². The molecule has 2 fully saturated rings. The van der Waals surface area contributed by atoms with Gasteiger partial charge in [-0.05, 0) is 87.1 Å². The van der Waals surface area contributed by atoms with Gasteiger partial charge < -0.3 is 34.3 Å². The van der Waals surface area contributed by atoms with Gasteiger partial charge >= 0.3 is 0 Å². The number of nitrogens with zero attached hydrogens (tertiary/aromatic N) is 6. The molecule has 4 aromatic heterocycles. The van der Waals surface area contributed by atoms with Crippen LogP contribution in [-0.2, 0) is 19.1 Å². The zero-order valence-corrected chi connectivity index (χ0v) is 36.7. The van der Waals surface area contributed by atoms with Gasteiger partial charge in [0.2, 0.25) is 5.95 Å². The number of hydrogen-bond acceptors (Lipinski definition) is 10. The van der Waals surface area contributed by atoms with Gasteiger partial charge in [0, 0.05) is 90.1 Å². The Hall–Kier alpha value is -6.23. The lowest BCUT2D eigenvalue weighted by Crippen LogP contribution is -2.74. The minimum atomic E-state index is -1.08. The maximum atomic E-state index is 13.5. The first kappa shape index (κ1) is 42.5. The molecule has 0 unspecified atom stereocenters. The second-order valence-corrected chi connectivity index (χ2v) is 18.7. The van der Waals surface area contributed by atoms with E-state index in [0.717, 1.165) is 60.1 Å². The molecule has 1 aliphatic carbocycles. The number of pyridine rings is 2. The van der Waals surface area contributed by atoms with E-state index in [1.807, 2.05) is 36.4 Å². The fraction of sp³-hybridized carbons (Fsp3) is 0.375. The molecular formula is C48H51ClN8O5. The van der Waals surface area contributed by atoms with Gasteiger partial charge in [0.1, 0.15) is 34.9 Å². The SMILES string of the molecule is Cn1cc(-c2cc(C(C)(C)O)ccc2Oc2ccc(CC3CCN(c4ncc(C(=O)NC5C(C)(C)C(Oc6ccc(C#N)c(Cl)c6)C5(C)C)cn4)CC3)nc2)c2cc[nH]c2c1=O. The molecule has 1 saturated carbocycles. The van der Waals surface area contributed by atoms with Crippen molar-refractivity contribution in [3.8, 4) is 34.4 Å². The van der Waals surface area contributed by atoms with Gasteiger partial charge in [-0.1, -0.05) is 45.4 Å². The van der Waals surface area contributed by atoms with Crippen LogP contribution in [0.2, 0.25) is 5.02 Å². The number of nitriles is 1. The van der Waals surface area contributed by atoms with Crippen LogP contribution in [0, 0.1) is 28.1 Å². The van der Waals surface area contributed by atoms with Crippen LogP contribution in [0.15, 0.2) is 90.4 Å². The number of aromatic nitrogens is 5. The average molecular weight is 855 g/mol. The average Bonchev–Trinajstić information content (AvgIpc) is 3.75. The molecule has 1 aliphatic heterocycles. The van der Waals surface area contributed by atoms with Crippen LogP contribution in [0.25, 0.3) is 22.0 Å². The zero-order chi connectivity index (χ0) is 44.1. The molecule has 2 aliphatic rings. The first-order valence-electron chi connectivity index (χ1n) is 20.8. The summed E-state index contributed by atoms with van der Waals surface area (Å²) in [6, 6.07) is 18.3. The number of aromatic amines is 1. The van der Waals surface area contributed by atoms with Crippen LogP contribution in [0.1, 0.15) is 81.6 Å². The normalized spacial score (nSPS) is 18.5. The second-order valence-electron chi connectivity index (χ2n) is 18.3. The Balaban J connectivity index is 0.859. The lowest BCUT2D eigenvalue weighted by molar-refractivity contribution is -0.164. The standard InChI is InChI=1S/C48H51ClN8O5/c1-46(2)43(47(3,4)44(46)62-33-11-8-29(23-50)38(49)22-33)55-41(58)30-24-53-45(54-25-30)57-18-15-28(16-19-57)20-32-10-12-34(26-52-32)61-39-13-9-31(48(5,6)60)21-36(39)37-27-56(7)42(59)40-35(37)14-17-51-40/h8-14,17,21-22,24-28,43-44,51,60H,15-16,18-20H2,1-7H3,(H,55,58). The molecule has 14 heteroatoms. The van der Waals surface area contributed by atoms with Crippen molar-refractivity contribution in [2.75, 3.05) is 18.0 Å². The van der Waals surface area contributed by atoms with Crippen molar-refractivity contribution in [3.63, 3.8) is 0 Å². The zero-order valence-electron chi connectivity index (χ0n) is 36.0. The van der Waals surface area contributed by atoms with E-state index >= 15 is 0 Å². The topological polar surface area (TPSA) is 171 Å². The first-order valence-corrected chi connectivity index (χ1v) is 21.2. The monoisotopic (exact) mass is 854 g/mol. The number of aryl methyl sites for hydroxylation is 1. The molecule has 2 aromatic carbocycles. The Labute approximate surface area is 365 Å². The van der Waals surface area contributed by atoms with Crippen LogP contribution >= 0.6 is 11.6 Å². The summed E-state index contributed by atoms with van der Waals surface area (Å²) in [5, 5.41) is 24.4. The summed E-state index contributed by atoms with van der Waals surface area (Å²) >= 11 is 6.25. The molecule has 62 heavy (non-hydrogen) atoms. The van der Waals surface area contributed by atoms with Crippen LogP contribution in [-0.4, -0.2) is 60.8 Å². The van der Waals surface area contributed by atoms with Crippen molar-refractivity contribution in [2.24, 2.45) is 23.8 Å². The number of piperidine rings is 1. The number of halogens is 1. The molecule has 5 heterocycles. The number of ether oxygens (including phenoxy) is 2. The highest BCUT2D eigenvalue weighted by Gasteiger charge is 2.64. The van der Waals surface area contributed by atoms with Crippen LogP contribution in [0.3, 0.4) is 0 Å². The Morgan fingerprint density at radius 2 is 1.69 bits per heavy atom. The maximum Gasteiger partial charge on any atom is 0.274 e. The fourth-order valence-electron chi connectivity index (χ4n) is 9.46. The number of H-pyrrole nitrogens is 1. The molecule has 320 valence electrons. The summed E-state index contributed by atoms with van der Waals surface area (Å²) in [7, 11) is 1.72. The number of carbonyl (C=O) groups excluding carboxylic acids is 1. The number of fused-ring (bicyclic) bond motifs is 1. The summed E-state index contributed by atoms with van der Waals surface area (Å²) in [4.78, 5) is 45.5. The van der Waals surface area contributed by atoms with Crippen molar-refractivity contribution in [3.05, 3.63) is 123 Å².